The molecule has 3 aromatic carbocycles. The molecule has 1 N–H and O–H groups in total. The van der Waals surface area contributed by atoms with Gasteiger partial charge in [0.05, 0.1) is 22.9 Å². The van der Waals surface area contributed by atoms with Crippen molar-refractivity contribution in [2.24, 2.45) is 5.41 Å². The summed E-state index contributed by atoms with van der Waals surface area (Å²) >= 11 is 7.12. The first-order chi connectivity index (χ1) is 19.3. The van der Waals surface area contributed by atoms with Crippen molar-refractivity contribution >= 4 is 39.2 Å². The van der Waals surface area contributed by atoms with Gasteiger partial charge in [0, 0.05) is 34.4 Å². The highest BCUT2D eigenvalue weighted by molar-refractivity contribution is 6.35. The Morgan fingerprint density at radius 3 is 2.50 bits per heavy atom. The topological polar surface area (TPSA) is 66.8 Å². The van der Waals surface area contributed by atoms with Crippen molar-refractivity contribution in [1.29, 1.82) is 0 Å². The van der Waals surface area contributed by atoms with E-state index < -0.39 is 0 Å². The van der Waals surface area contributed by atoms with Gasteiger partial charge in [0.15, 0.2) is 0 Å². The zero-order valence-electron chi connectivity index (χ0n) is 23.3. The molecular formula is C33H34ClN5O. The van der Waals surface area contributed by atoms with Crippen LogP contribution in [0.4, 0.5) is 5.82 Å². The van der Waals surface area contributed by atoms with Crippen molar-refractivity contribution < 1.29 is 0 Å². The number of hydrogen-bond donors (Lipinski definition) is 1. The lowest BCUT2D eigenvalue weighted by molar-refractivity contribution is 0.0953. The fraction of sp³-hybridized carbons (Fsp3) is 0.364. The van der Waals surface area contributed by atoms with Gasteiger partial charge in [0.25, 0.3) is 0 Å². The largest absolute Gasteiger partial charge is 0.356 e. The molecule has 5 aromatic rings. The summed E-state index contributed by atoms with van der Waals surface area (Å²) in [6.07, 6.45) is 8.16. The average Bonchev–Trinajstić information content (AvgIpc) is 3.41. The minimum atomic E-state index is -0.258. The molecule has 7 heteroatoms. The fourth-order valence-electron chi connectivity index (χ4n) is 6.93. The maximum Gasteiger partial charge on any atom is 0.354 e. The lowest BCUT2D eigenvalue weighted by Gasteiger charge is -2.48. The fourth-order valence-corrected chi connectivity index (χ4v) is 7.19. The van der Waals surface area contributed by atoms with Crippen molar-refractivity contribution in [3.05, 3.63) is 81.4 Å². The number of aromatic nitrogens is 4. The SMILES string of the molecule is Cc1ccc2[nH]ncc2c1-c1cc2c(cc1Cl)c(N1CCC3(CCC3)CC1)nc(=O)n2-c1ccccc1C(C)C. The molecular weight excluding hydrogens is 518 g/mol. The molecule has 1 saturated carbocycles. The van der Waals surface area contributed by atoms with Crippen LogP contribution in [0.15, 0.2) is 59.5 Å². The van der Waals surface area contributed by atoms with Crippen molar-refractivity contribution in [3.8, 4) is 16.8 Å². The molecule has 40 heavy (non-hydrogen) atoms. The van der Waals surface area contributed by atoms with E-state index in [-0.39, 0.29) is 11.6 Å². The lowest BCUT2D eigenvalue weighted by atomic mass is 9.63. The number of anilines is 1. The Kier molecular flexibility index (Phi) is 6.00. The van der Waals surface area contributed by atoms with E-state index >= 15 is 0 Å². The maximum absolute atomic E-state index is 14.0. The van der Waals surface area contributed by atoms with Gasteiger partial charge in [-0.15, -0.1) is 0 Å². The molecule has 0 amide bonds. The minimum absolute atomic E-state index is 0.243. The summed E-state index contributed by atoms with van der Waals surface area (Å²) in [5.41, 5.74) is 7.01. The number of aryl methyl sites for hydroxylation is 1. The summed E-state index contributed by atoms with van der Waals surface area (Å²) in [5, 5.41) is 9.93. The van der Waals surface area contributed by atoms with E-state index in [0.29, 0.717) is 10.4 Å². The van der Waals surface area contributed by atoms with Crippen LogP contribution in [0.25, 0.3) is 38.6 Å². The van der Waals surface area contributed by atoms with Crippen LogP contribution in [-0.4, -0.2) is 32.8 Å². The van der Waals surface area contributed by atoms with Crippen LogP contribution in [0.5, 0.6) is 0 Å². The van der Waals surface area contributed by atoms with Gasteiger partial charge in [0.1, 0.15) is 5.82 Å². The molecule has 0 bridgehead atoms. The van der Waals surface area contributed by atoms with Crippen molar-refractivity contribution in [1.82, 2.24) is 19.7 Å². The Balaban J connectivity index is 1.50. The maximum atomic E-state index is 14.0. The van der Waals surface area contributed by atoms with Gasteiger partial charge in [-0.25, -0.2) is 4.79 Å². The summed E-state index contributed by atoms with van der Waals surface area (Å²) in [5.74, 6) is 0.992. The number of nitrogens with zero attached hydrogens (tertiary/aromatic N) is 4. The third-order valence-corrected chi connectivity index (χ3v) is 9.71. The predicted octanol–water partition coefficient (Wildman–Crippen LogP) is 7.78. The molecule has 0 radical (unpaired) electrons. The summed E-state index contributed by atoms with van der Waals surface area (Å²) in [7, 11) is 0. The summed E-state index contributed by atoms with van der Waals surface area (Å²) < 4.78 is 1.79. The third-order valence-electron chi connectivity index (χ3n) is 9.40. The molecule has 1 spiro atoms. The highest BCUT2D eigenvalue weighted by Gasteiger charge is 2.40. The number of halogens is 1. The Bertz CT molecular complexity index is 1820. The monoisotopic (exact) mass is 551 g/mol. The van der Waals surface area contributed by atoms with Crippen molar-refractivity contribution in [2.45, 2.75) is 58.8 Å². The molecule has 1 saturated heterocycles. The van der Waals surface area contributed by atoms with E-state index in [2.05, 4.69) is 54.1 Å². The zero-order valence-corrected chi connectivity index (χ0v) is 24.1. The number of benzene rings is 3. The summed E-state index contributed by atoms with van der Waals surface area (Å²) in [4.78, 5) is 21.1. The quantitative estimate of drug-likeness (QED) is 0.247. The molecule has 0 unspecified atom stereocenters. The van der Waals surface area contributed by atoms with Gasteiger partial charge in [0.2, 0.25) is 0 Å². The van der Waals surface area contributed by atoms with Crippen LogP contribution in [0.1, 0.15) is 63.0 Å². The van der Waals surface area contributed by atoms with E-state index in [1.807, 2.05) is 36.5 Å². The molecule has 6 nitrogen and oxygen atoms in total. The first kappa shape index (κ1) is 25.3. The number of hydrogen-bond acceptors (Lipinski definition) is 4. The van der Waals surface area contributed by atoms with Crippen LogP contribution >= 0.6 is 11.6 Å². The van der Waals surface area contributed by atoms with E-state index in [1.165, 1.54) is 19.3 Å². The molecule has 7 rings (SSSR count). The Labute approximate surface area is 239 Å². The number of H-pyrrole nitrogens is 1. The molecule has 2 aliphatic rings. The van der Waals surface area contributed by atoms with Crippen molar-refractivity contribution in [3.63, 3.8) is 0 Å². The van der Waals surface area contributed by atoms with E-state index in [1.54, 1.807) is 4.57 Å². The first-order valence-electron chi connectivity index (χ1n) is 14.4. The number of nitrogens with one attached hydrogen (secondary N) is 1. The number of rotatable bonds is 4. The molecule has 0 atom stereocenters. The standard InChI is InChI=1S/C33H34ClN5O/c1-20(2)22-7-4-5-8-28(22)39-29-18-23(30-21(3)9-10-27-25(30)19-35-37-27)26(34)17-24(29)31(36-32(39)40)38-15-13-33(14-16-38)11-6-12-33/h4-5,7-10,17-20H,6,11-16H2,1-3H3,(H,35,37). The van der Waals surface area contributed by atoms with Gasteiger partial charge in [-0.3, -0.25) is 9.67 Å². The van der Waals surface area contributed by atoms with Crippen molar-refractivity contribution in [2.75, 3.05) is 18.0 Å². The second kappa shape index (κ2) is 9.48. The predicted molar refractivity (Wildman–Crippen MR) is 164 cm³/mol. The van der Waals surface area contributed by atoms with Gasteiger partial charge >= 0.3 is 5.69 Å². The van der Waals surface area contributed by atoms with Gasteiger partial charge in [-0.05, 0) is 84.9 Å². The Morgan fingerprint density at radius 1 is 1.00 bits per heavy atom. The molecule has 2 fully saturated rings. The van der Waals surface area contributed by atoms with Gasteiger partial charge in [-0.2, -0.15) is 10.1 Å². The first-order valence-corrected chi connectivity index (χ1v) is 14.8. The van der Waals surface area contributed by atoms with Gasteiger partial charge < -0.3 is 4.90 Å². The van der Waals surface area contributed by atoms with Gasteiger partial charge in [-0.1, -0.05) is 56.1 Å². The number of fused-ring (bicyclic) bond motifs is 2. The number of aromatic amines is 1. The molecule has 2 aromatic heterocycles. The Morgan fingerprint density at radius 2 is 1.77 bits per heavy atom. The second-order valence-electron chi connectivity index (χ2n) is 12.0. The van der Waals surface area contributed by atoms with Crippen LogP contribution < -0.4 is 10.6 Å². The number of para-hydroxylation sites is 1. The highest BCUT2D eigenvalue weighted by atomic mass is 35.5. The Hall–Kier alpha value is -3.64. The molecule has 204 valence electrons. The third kappa shape index (κ3) is 3.95. The highest BCUT2D eigenvalue weighted by Crippen LogP contribution is 2.49. The smallest absolute Gasteiger partial charge is 0.354 e. The number of piperidine rings is 1. The molecule has 3 heterocycles. The zero-order chi connectivity index (χ0) is 27.6. The summed E-state index contributed by atoms with van der Waals surface area (Å²) in [6.45, 7) is 8.24. The minimum Gasteiger partial charge on any atom is -0.356 e. The van der Waals surface area contributed by atoms with E-state index in [9.17, 15) is 4.79 Å². The van der Waals surface area contributed by atoms with Crippen LogP contribution in [0, 0.1) is 12.3 Å². The second-order valence-corrected chi connectivity index (χ2v) is 12.5. The van der Waals surface area contributed by atoms with Crippen LogP contribution in [0.2, 0.25) is 5.02 Å². The molecule has 1 aliphatic carbocycles. The molecule has 1 aliphatic heterocycles. The average molecular weight is 552 g/mol. The van der Waals surface area contributed by atoms with Crippen LogP contribution in [0.3, 0.4) is 0 Å². The van der Waals surface area contributed by atoms with E-state index in [0.717, 1.165) is 81.5 Å². The lowest BCUT2D eigenvalue weighted by Crippen LogP contribution is -2.44. The van der Waals surface area contributed by atoms with E-state index in [4.69, 9.17) is 16.6 Å². The normalized spacial score (nSPS) is 16.8. The van der Waals surface area contributed by atoms with Crippen LogP contribution in [-0.2, 0) is 0 Å². The summed E-state index contributed by atoms with van der Waals surface area (Å²) in [6, 6.07) is 16.4.